The van der Waals surface area contributed by atoms with Gasteiger partial charge < -0.3 is 4.90 Å². The Morgan fingerprint density at radius 2 is 1.67 bits per heavy atom. The van der Waals surface area contributed by atoms with Crippen molar-refractivity contribution in [1.82, 2.24) is 9.21 Å². The molecule has 0 saturated carbocycles. The molecule has 2 aromatic rings. The molecule has 27 heavy (non-hydrogen) atoms. The first-order valence-electron chi connectivity index (χ1n) is 8.68. The van der Waals surface area contributed by atoms with E-state index in [0.29, 0.717) is 31.8 Å². The summed E-state index contributed by atoms with van der Waals surface area (Å²) < 4.78 is 39.9. The smallest absolute Gasteiger partial charge is 0.243 e. The van der Waals surface area contributed by atoms with E-state index in [1.165, 1.54) is 28.2 Å². The van der Waals surface area contributed by atoms with Crippen molar-refractivity contribution < 1.29 is 17.6 Å². The minimum Gasteiger partial charge on any atom is -0.341 e. The molecule has 5 nitrogen and oxygen atoms in total. The predicted octanol–water partition coefficient (Wildman–Crippen LogP) is 2.84. The highest BCUT2D eigenvalue weighted by Gasteiger charge is 2.28. The van der Waals surface area contributed by atoms with Gasteiger partial charge in [0.15, 0.2) is 0 Å². The molecule has 0 aliphatic carbocycles. The van der Waals surface area contributed by atoms with Gasteiger partial charge in [-0.2, -0.15) is 4.31 Å². The van der Waals surface area contributed by atoms with Gasteiger partial charge in [0, 0.05) is 31.1 Å². The molecule has 3 rings (SSSR count). The maximum Gasteiger partial charge on any atom is 0.243 e. The highest BCUT2D eigenvalue weighted by atomic mass is 32.2. The summed E-state index contributed by atoms with van der Waals surface area (Å²) in [7, 11) is -3.68. The van der Waals surface area contributed by atoms with Crippen LogP contribution in [-0.4, -0.2) is 55.5 Å². The Labute approximate surface area is 163 Å². The van der Waals surface area contributed by atoms with Crippen molar-refractivity contribution in [2.45, 2.75) is 16.2 Å². The fraction of sp³-hybridized carbons (Fsp3) is 0.316. The van der Waals surface area contributed by atoms with Crippen molar-refractivity contribution in [2.75, 3.05) is 31.9 Å². The molecule has 1 heterocycles. The molecule has 1 saturated heterocycles. The third-order valence-corrected chi connectivity index (χ3v) is 7.27. The monoisotopic (exact) mass is 408 g/mol. The lowest BCUT2D eigenvalue weighted by Crippen LogP contribution is -2.38. The second-order valence-electron chi connectivity index (χ2n) is 6.19. The number of thioether (sulfide) groups is 1. The maximum atomic E-state index is 13.1. The summed E-state index contributed by atoms with van der Waals surface area (Å²) in [6, 6.07) is 14.5. The van der Waals surface area contributed by atoms with Gasteiger partial charge in [0.05, 0.1) is 10.6 Å². The van der Waals surface area contributed by atoms with Crippen molar-refractivity contribution >= 4 is 27.7 Å². The molecule has 0 unspecified atom stereocenters. The molecule has 0 spiro atoms. The van der Waals surface area contributed by atoms with Gasteiger partial charge in [-0.1, -0.05) is 18.2 Å². The lowest BCUT2D eigenvalue weighted by molar-refractivity contribution is -0.128. The summed E-state index contributed by atoms with van der Waals surface area (Å²) in [4.78, 5) is 15.3. The Hall–Kier alpha value is -1.90. The number of hydrogen-bond donors (Lipinski definition) is 0. The summed E-state index contributed by atoms with van der Waals surface area (Å²) in [5.41, 5.74) is 0. The Morgan fingerprint density at radius 1 is 0.963 bits per heavy atom. The summed E-state index contributed by atoms with van der Waals surface area (Å²) in [6.07, 6.45) is 0.572. The molecule has 144 valence electrons. The molecular weight excluding hydrogens is 387 g/mol. The maximum absolute atomic E-state index is 13.1. The number of halogens is 1. The molecule has 1 aliphatic heterocycles. The van der Waals surface area contributed by atoms with E-state index < -0.39 is 15.8 Å². The third-order valence-electron chi connectivity index (χ3n) is 4.36. The van der Waals surface area contributed by atoms with Gasteiger partial charge in [-0.25, -0.2) is 12.8 Å². The van der Waals surface area contributed by atoms with Crippen LogP contribution in [0.2, 0.25) is 0 Å². The molecule has 2 aromatic carbocycles. The normalized spacial score (nSPS) is 16.1. The van der Waals surface area contributed by atoms with Crippen LogP contribution < -0.4 is 0 Å². The number of carbonyl (C=O) groups is 1. The number of carbonyl (C=O) groups excluding carboxylic acids is 1. The number of amides is 1. The fourth-order valence-electron chi connectivity index (χ4n) is 2.89. The van der Waals surface area contributed by atoms with Crippen LogP contribution in [0.4, 0.5) is 4.39 Å². The van der Waals surface area contributed by atoms with Crippen molar-refractivity contribution in [1.29, 1.82) is 0 Å². The zero-order valence-corrected chi connectivity index (χ0v) is 16.4. The van der Waals surface area contributed by atoms with Crippen LogP contribution in [0.25, 0.3) is 0 Å². The topological polar surface area (TPSA) is 57.7 Å². The lowest BCUT2D eigenvalue weighted by atomic mass is 10.4. The average Bonchev–Trinajstić information content (AvgIpc) is 2.94. The van der Waals surface area contributed by atoms with Crippen LogP contribution in [0, 0.1) is 5.82 Å². The molecule has 1 amide bonds. The van der Waals surface area contributed by atoms with Crippen LogP contribution >= 0.6 is 11.8 Å². The first kappa shape index (κ1) is 19.9. The van der Waals surface area contributed by atoms with E-state index in [-0.39, 0.29) is 17.3 Å². The molecule has 8 heteroatoms. The van der Waals surface area contributed by atoms with Gasteiger partial charge in [0.2, 0.25) is 15.9 Å². The Balaban J connectivity index is 1.59. The summed E-state index contributed by atoms with van der Waals surface area (Å²) >= 11 is 1.47. The third kappa shape index (κ3) is 5.09. The minimum absolute atomic E-state index is 0.00452. The number of sulfonamides is 1. The quantitative estimate of drug-likeness (QED) is 0.714. The van der Waals surface area contributed by atoms with Gasteiger partial charge in [-0.15, -0.1) is 11.8 Å². The molecule has 0 bridgehead atoms. The molecule has 0 radical (unpaired) electrons. The fourth-order valence-corrected chi connectivity index (χ4v) is 5.18. The second kappa shape index (κ2) is 8.86. The zero-order chi connectivity index (χ0) is 19.3. The summed E-state index contributed by atoms with van der Waals surface area (Å²) in [5.74, 6) is -0.142. The van der Waals surface area contributed by atoms with E-state index in [2.05, 4.69) is 0 Å². The van der Waals surface area contributed by atoms with Gasteiger partial charge in [0.1, 0.15) is 5.82 Å². The molecule has 1 fully saturated rings. The van der Waals surface area contributed by atoms with E-state index in [1.807, 2.05) is 30.3 Å². The molecular formula is C19H21FN2O3S2. The van der Waals surface area contributed by atoms with Crippen molar-refractivity contribution in [3.05, 3.63) is 60.4 Å². The van der Waals surface area contributed by atoms with E-state index >= 15 is 0 Å². The molecule has 0 aromatic heterocycles. The first-order chi connectivity index (χ1) is 13.0. The Morgan fingerprint density at radius 3 is 2.37 bits per heavy atom. The van der Waals surface area contributed by atoms with E-state index in [4.69, 9.17) is 0 Å². The largest absolute Gasteiger partial charge is 0.341 e. The predicted molar refractivity (Wildman–Crippen MR) is 104 cm³/mol. The van der Waals surface area contributed by atoms with Crippen molar-refractivity contribution in [3.63, 3.8) is 0 Å². The van der Waals surface area contributed by atoms with E-state index in [0.717, 1.165) is 17.0 Å². The lowest BCUT2D eigenvalue weighted by Gasteiger charge is -2.22. The van der Waals surface area contributed by atoms with Crippen LogP contribution in [0.1, 0.15) is 6.42 Å². The van der Waals surface area contributed by atoms with Crippen molar-refractivity contribution in [3.8, 4) is 0 Å². The van der Waals surface area contributed by atoms with E-state index in [1.54, 1.807) is 4.90 Å². The zero-order valence-electron chi connectivity index (χ0n) is 14.8. The van der Waals surface area contributed by atoms with Crippen molar-refractivity contribution in [2.24, 2.45) is 0 Å². The summed E-state index contributed by atoms with van der Waals surface area (Å²) in [6.45, 7) is 1.47. The Kier molecular flexibility index (Phi) is 6.51. The van der Waals surface area contributed by atoms with Crippen LogP contribution in [0.5, 0.6) is 0 Å². The van der Waals surface area contributed by atoms with Gasteiger partial charge >= 0.3 is 0 Å². The minimum atomic E-state index is -3.68. The SMILES string of the molecule is O=C(CSc1ccccc1)N1CCCN(S(=O)(=O)c2ccc(F)cc2)CC1. The number of hydrogen-bond acceptors (Lipinski definition) is 4. The van der Waals surface area contributed by atoms with Gasteiger partial charge in [-0.05, 0) is 42.8 Å². The van der Waals surface area contributed by atoms with Crippen LogP contribution in [-0.2, 0) is 14.8 Å². The van der Waals surface area contributed by atoms with E-state index in [9.17, 15) is 17.6 Å². The molecule has 0 atom stereocenters. The Bertz CT molecular complexity index is 874. The standard InChI is InChI=1S/C19H21FN2O3S2/c20-16-7-9-18(10-8-16)27(24,25)22-12-4-11-21(13-14-22)19(23)15-26-17-5-2-1-3-6-17/h1-3,5-10H,4,11-15H2. The molecule has 1 aliphatic rings. The van der Waals surface area contributed by atoms with Crippen LogP contribution in [0.3, 0.4) is 0 Å². The average molecular weight is 409 g/mol. The molecule has 0 N–H and O–H groups in total. The first-order valence-corrected chi connectivity index (χ1v) is 11.1. The second-order valence-corrected chi connectivity index (χ2v) is 9.18. The van der Waals surface area contributed by atoms with Gasteiger partial charge in [0.25, 0.3) is 0 Å². The number of rotatable bonds is 5. The number of nitrogens with zero attached hydrogens (tertiary/aromatic N) is 2. The number of benzene rings is 2. The van der Waals surface area contributed by atoms with Gasteiger partial charge in [-0.3, -0.25) is 4.79 Å². The highest BCUT2D eigenvalue weighted by Crippen LogP contribution is 2.20. The highest BCUT2D eigenvalue weighted by molar-refractivity contribution is 8.00. The summed E-state index contributed by atoms with van der Waals surface area (Å²) in [5, 5.41) is 0. The van der Waals surface area contributed by atoms with Crippen LogP contribution in [0.15, 0.2) is 64.4 Å².